The molecule has 1 atom stereocenters. The number of rotatable bonds is 8. The van der Waals surface area contributed by atoms with Gasteiger partial charge in [0.2, 0.25) is 5.91 Å². The van der Waals surface area contributed by atoms with Crippen molar-refractivity contribution in [3.63, 3.8) is 0 Å². The summed E-state index contributed by atoms with van der Waals surface area (Å²) >= 11 is 0. The van der Waals surface area contributed by atoms with Gasteiger partial charge in [-0.2, -0.15) is 8.78 Å². The summed E-state index contributed by atoms with van der Waals surface area (Å²) in [6.45, 7) is -2.14. The first-order chi connectivity index (χ1) is 19.6. The number of amides is 2. The first-order valence-electron chi connectivity index (χ1n) is 12.9. The van der Waals surface area contributed by atoms with Crippen LogP contribution in [-0.4, -0.2) is 43.7 Å². The number of nitrogens with one attached hydrogen (secondary N) is 1. The highest BCUT2D eigenvalue weighted by Crippen LogP contribution is 2.35. The highest BCUT2D eigenvalue weighted by Gasteiger charge is 2.36. The molecule has 2 aromatic carbocycles. The van der Waals surface area contributed by atoms with E-state index in [1.807, 2.05) is 0 Å². The second-order valence-corrected chi connectivity index (χ2v) is 9.69. The number of pyridine rings is 1. The molecule has 1 aromatic heterocycles. The molecule has 218 valence electrons. The van der Waals surface area contributed by atoms with E-state index < -0.39 is 24.2 Å². The number of halogens is 4. The Morgan fingerprint density at radius 1 is 1.05 bits per heavy atom. The van der Waals surface area contributed by atoms with Crippen LogP contribution in [0.3, 0.4) is 0 Å². The summed E-state index contributed by atoms with van der Waals surface area (Å²) in [6.07, 6.45) is 3.89. The minimum atomic E-state index is -2.85. The van der Waals surface area contributed by atoms with Gasteiger partial charge in [-0.3, -0.25) is 14.4 Å². The van der Waals surface area contributed by atoms with Gasteiger partial charge in [0.1, 0.15) is 28.8 Å². The van der Waals surface area contributed by atoms with Crippen molar-refractivity contribution in [2.75, 3.05) is 25.6 Å². The third-order valence-electron chi connectivity index (χ3n) is 6.83. The summed E-state index contributed by atoms with van der Waals surface area (Å²) in [5, 5.41) is 2.41. The average molecular weight is 576 g/mol. The van der Waals surface area contributed by atoms with Crippen LogP contribution in [0.25, 0.3) is 0 Å². The second kappa shape index (κ2) is 12.9. The van der Waals surface area contributed by atoms with E-state index in [2.05, 4.69) is 10.1 Å². The minimum absolute atomic E-state index is 0.0349. The Hall–Kier alpha value is -4.35. The van der Waals surface area contributed by atoms with Gasteiger partial charge in [0.25, 0.3) is 11.5 Å². The summed E-state index contributed by atoms with van der Waals surface area (Å²) in [7, 11) is 2.82. The number of alkyl halides is 2. The molecule has 2 amide bonds. The predicted molar refractivity (Wildman–Crippen MR) is 143 cm³/mol. The van der Waals surface area contributed by atoms with Crippen LogP contribution in [0.15, 0.2) is 59.5 Å². The van der Waals surface area contributed by atoms with Gasteiger partial charge in [-0.1, -0.05) is 0 Å². The van der Waals surface area contributed by atoms with Crippen molar-refractivity contribution in [3.05, 3.63) is 87.8 Å². The van der Waals surface area contributed by atoms with Gasteiger partial charge in [0.15, 0.2) is 0 Å². The molecule has 1 aliphatic carbocycles. The van der Waals surface area contributed by atoms with Crippen molar-refractivity contribution < 1.29 is 36.6 Å². The fourth-order valence-electron chi connectivity index (χ4n) is 4.59. The number of hydrogen-bond acceptors (Lipinski definition) is 5. The van der Waals surface area contributed by atoms with Crippen LogP contribution >= 0.6 is 0 Å². The van der Waals surface area contributed by atoms with Gasteiger partial charge < -0.3 is 24.3 Å². The molecule has 0 bridgehead atoms. The molecular weight excluding hydrogens is 546 g/mol. The Morgan fingerprint density at radius 3 is 2.27 bits per heavy atom. The normalized spacial score (nSPS) is 16.3. The van der Waals surface area contributed by atoms with E-state index in [0.29, 0.717) is 18.0 Å². The number of carbonyl (C=O) groups excluding carboxylic acids is 2. The molecule has 1 saturated carbocycles. The average Bonchev–Trinajstić information content (AvgIpc) is 3.69. The zero-order chi connectivity index (χ0) is 29.7. The highest BCUT2D eigenvalue weighted by atomic mass is 19.3. The predicted octanol–water partition coefficient (Wildman–Crippen LogP) is 4.71. The van der Waals surface area contributed by atoms with E-state index in [-0.39, 0.29) is 53.1 Å². The summed E-state index contributed by atoms with van der Waals surface area (Å²) in [5.74, 6) is -2.09. The van der Waals surface area contributed by atoms with Crippen molar-refractivity contribution in [1.82, 2.24) is 9.88 Å². The number of aromatic nitrogens is 1. The van der Waals surface area contributed by atoms with Crippen LogP contribution in [0, 0.1) is 17.6 Å². The van der Waals surface area contributed by atoms with E-state index >= 15 is 0 Å². The zero-order valence-electron chi connectivity index (χ0n) is 22.4. The molecule has 8 nitrogen and oxygen atoms in total. The largest absolute Gasteiger partial charge is 0.497 e. The van der Waals surface area contributed by atoms with Gasteiger partial charge in [0, 0.05) is 61.9 Å². The number of ether oxygens (including phenoxy) is 2. The number of benzene rings is 2. The maximum absolute atomic E-state index is 14.4. The standard InChI is InChI=1S/C20H20F2N2O3.C9H9F2NO2/c1-27-14-8-15(21)19(16(22)9-14)13-7-18(25)24(11-13)17-3-2-6-23(20(17)26)10-12-4-5-12;1-12-8(13)6-2-4-7(5-3-6)14-9(10)11/h2-3,6,8-9,12-13H,4-5,7,10-11H2,1H3;2-5,9H,1H3,(H,12,13). The smallest absolute Gasteiger partial charge is 0.387 e. The van der Waals surface area contributed by atoms with Crippen molar-refractivity contribution in [2.24, 2.45) is 5.92 Å². The first kappa shape index (κ1) is 29.6. The summed E-state index contributed by atoms with van der Waals surface area (Å²) in [5.41, 5.74) is 0.282. The Kier molecular flexibility index (Phi) is 9.31. The van der Waals surface area contributed by atoms with Gasteiger partial charge in [-0.15, -0.1) is 0 Å². The number of hydrogen-bond donors (Lipinski definition) is 1. The van der Waals surface area contributed by atoms with E-state index in [1.54, 1.807) is 22.9 Å². The van der Waals surface area contributed by atoms with Gasteiger partial charge in [-0.25, -0.2) is 8.78 Å². The lowest BCUT2D eigenvalue weighted by Gasteiger charge is -2.18. The number of anilines is 1. The molecule has 5 rings (SSSR count). The first-order valence-corrected chi connectivity index (χ1v) is 12.9. The topological polar surface area (TPSA) is 89.9 Å². The Labute approximate surface area is 233 Å². The molecule has 3 aromatic rings. The second-order valence-electron chi connectivity index (χ2n) is 9.69. The summed E-state index contributed by atoms with van der Waals surface area (Å²) in [6, 6.07) is 11.0. The van der Waals surface area contributed by atoms with Crippen molar-refractivity contribution in [1.29, 1.82) is 0 Å². The van der Waals surface area contributed by atoms with Crippen LogP contribution in [0.1, 0.15) is 41.1 Å². The quantitative estimate of drug-likeness (QED) is 0.393. The van der Waals surface area contributed by atoms with Crippen LogP contribution in [0.5, 0.6) is 11.5 Å². The van der Waals surface area contributed by atoms with Crippen molar-refractivity contribution in [3.8, 4) is 11.5 Å². The van der Waals surface area contributed by atoms with E-state index in [4.69, 9.17) is 4.74 Å². The molecule has 0 radical (unpaired) electrons. The molecule has 1 unspecified atom stereocenters. The van der Waals surface area contributed by atoms with Crippen LogP contribution in [0.4, 0.5) is 23.2 Å². The summed E-state index contributed by atoms with van der Waals surface area (Å²) < 4.78 is 62.9. The molecule has 41 heavy (non-hydrogen) atoms. The summed E-state index contributed by atoms with van der Waals surface area (Å²) in [4.78, 5) is 37.6. The van der Waals surface area contributed by atoms with Gasteiger partial charge >= 0.3 is 6.61 Å². The molecule has 12 heteroatoms. The third-order valence-corrected chi connectivity index (χ3v) is 6.83. The molecule has 2 fully saturated rings. The van der Waals surface area contributed by atoms with Gasteiger partial charge in [0.05, 0.1) is 7.11 Å². The lowest BCUT2D eigenvalue weighted by molar-refractivity contribution is -0.117. The number of methoxy groups -OCH3 is 1. The van der Waals surface area contributed by atoms with Crippen molar-refractivity contribution in [2.45, 2.75) is 38.3 Å². The van der Waals surface area contributed by atoms with E-state index in [9.17, 15) is 31.9 Å². The van der Waals surface area contributed by atoms with Crippen LogP contribution in [-0.2, 0) is 11.3 Å². The zero-order valence-corrected chi connectivity index (χ0v) is 22.4. The molecule has 1 saturated heterocycles. The highest BCUT2D eigenvalue weighted by molar-refractivity contribution is 5.96. The monoisotopic (exact) mass is 575 g/mol. The van der Waals surface area contributed by atoms with Crippen LogP contribution < -0.4 is 25.2 Å². The van der Waals surface area contributed by atoms with Gasteiger partial charge in [-0.05, 0) is 55.2 Å². The third kappa shape index (κ3) is 7.24. The fourth-order valence-corrected chi connectivity index (χ4v) is 4.59. The molecule has 1 N–H and O–H groups in total. The van der Waals surface area contributed by atoms with E-state index in [1.165, 1.54) is 43.3 Å². The molecule has 0 spiro atoms. The molecule has 2 aliphatic rings. The fraction of sp³-hybridized carbons (Fsp3) is 0.345. The lowest BCUT2D eigenvalue weighted by atomic mass is 9.97. The number of nitrogens with zero attached hydrogens (tertiary/aromatic N) is 2. The molecule has 2 heterocycles. The van der Waals surface area contributed by atoms with Crippen molar-refractivity contribution >= 4 is 17.5 Å². The Bertz CT molecular complexity index is 1430. The van der Waals surface area contributed by atoms with E-state index in [0.717, 1.165) is 25.0 Å². The molecular formula is C29H29F4N3O5. The maximum Gasteiger partial charge on any atom is 0.387 e. The Morgan fingerprint density at radius 2 is 1.71 bits per heavy atom. The SMILES string of the molecule is CNC(=O)c1ccc(OC(F)F)cc1.COc1cc(F)c(C2CC(=O)N(c3cccn(CC4CC4)c3=O)C2)c(F)c1. The lowest BCUT2D eigenvalue weighted by Crippen LogP contribution is -2.33. The number of carbonyl (C=O) groups is 2. The van der Waals surface area contributed by atoms with Crippen LogP contribution in [0.2, 0.25) is 0 Å². The Balaban J connectivity index is 0.000000234. The maximum atomic E-state index is 14.4. The molecule has 1 aliphatic heterocycles. The minimum Gasteiger partial charge on any atom is -0.497 e.